The normalized spacial score (nSPS) is 16.6. The maximum absolute atomic E-state index is 6.92. The summed E-state index contributed by atoms with van der Waals surface area (Å²) in [7, 11) is -2.02. The molecule has 0 atom stereocenters. The molecule has 5 heteroatoms. The number of benzene rings is 6. The van der Waals surface area contributed by atoms with E-state index in [1.165, 1.54) is 93.5 Å². The lowest BCUT2D eigenvalue weighted by Crippen LogP contribution is -2.65. The maximum atomic E-state index is 6.92. The zero-order valence-corrected chi connectivity index (χ0v) is 28.3. The van der Waals surface area contributed by atoms with Gasteiger partial charge >= 0.3 is 6.85 Å². The van der Waals surface area contributed by atoms with Gasteiger partial charge in [0.2, 0.25) is 0 Å². The lowest BCUT2D eigenvalue weighted by Gasteiger charge is -2.48. The molecule has 0 saturated heterocycles. The number of furan rings is 1. The topological polar surface area (TPSA) is 21.3 Å². The monoisotopic (exact) mass is 630 g/mol. The summed E-state index contributed by atoms with van der Waals surface area (Å²) in [5, 5.41) is 6.72. The third-order valence-electron chi connectivity index (χ3n) is 12.3. The van der Waals surface area contributed by atoms with Gasteiger partial charge in [-0.15, -0.1) is 0 Å². The molecule has 0 spiro atoms. The minimum atomic E-state index is -2.02. The highest BCUT2D eigenvalue weighted by Crippen LogP contribution is 2.56. The minimum absolute atomic E-state index is 0.0172. The van der Waals surface area contributed by atoms with Crippen LogP contribution in [-0.2, 0) is 5.41 Å². The molecule has 1 aliphatic carbocycles. The molecule has 0 fully saturated rings. The maximum Gasteiger partial charge on any atom is 0.333 e. The molecule has 3 nitrogen and oxygen atoms in total. The van der Waals surface area contributed by atoms with Crippen molar-refractivity contribution in [1.29, 1.82) is 0 Å². The fourth-order valence-electron chi connectivity index (χ4n) is 10.3. The van der Waals surface area contributed by atoms with E-state index in [-0.39, 0.29) is 12.3 Å². The standard InChI is InChI=1S/C43H31BN2OSi/c1-43(2)29-17-7-5-14-25(29)36-26-15-11-16-27-37-38-32(23-28-24-13-6-9-20-33(24)47-41(28)37)45-31-19-8-10-21-34(31)48(3,4)35-22-12-18-30(40(35)45)44(38)46(39(26)27)42(36)43/h5-23H,1-4H3. The van der Waals surface area contributed by atoms with Crippen molar-refractivity contribution in [3.63, 3.8) is 0 Å². The van der Waals surface area contributed by atoms with Gasteiger partial charge in [0.05, 0.1) is 0 Å². The third kappa shape index (κ3) is 2.65. The average molecular weight is 631 g/mol. The van der Waals surface area contributed by atoms with Crippen LogP contribution in [0.4, 0.5) is 17.1 Å². The molecule has 0 unspecified atom stereocenters. The van der Waals surface area contributed by atoms with Gasteiger partial charge in [-0.05, 0) is 50.6 Å². The van der Waals surface area contributed by atoms with Gasteiger partial charge in [0.15, 0.2) is 0 Å². The Balaban J connectivity index is 1.34. The average Bonchev–Trinajstić information content (AvgIpc) is 3.73. The van der Waals surface area contributed by atoms with Gasteiger partial charge in [0, 0.05) is 66.5 Å². The van der Waals surface area contributed by atoms with E-state index in [4.69, 9.17) is 4.42 Å². The summed E-state index contributed by atoms with van der Waals surface area (Å²) in [6.45, 7) is 9.95. The first-order valence-corrected chi connectivity index (χ1v) is 20.2. The van der Waals surface area contributed by atoms with Gasteiger partial charge in [0.1, 0.15) is 19.2 Å². The molecule has 6 aromatic carbocycles. The van der Waals surface area contributed by atoms with Crippen LogP contribution >= 0.6 is 0 Å². The molecule has 0 radical (unpaired) electrons. The largest absolute Gasteiger partial charge is 0.455 e. The Morgan fingerprint density at radius 3 is 2.31 bits per heavy atom. The Morgan fingerprint density at radius 1 is 0.667 bits per heavy atom. The van der Waals surface area contributed by atoms with Gasteiger partial charge in [0.25, 0.3) is 0 Å². The first-order valence-electron chi connectivity index (χ1n) is 17.2. The van der Waals surface area contributed by atoms with E-state index in [9.17, 15) is 0 Å². The van der Waals surface area contributed by atoms with E-state index in [1.807, 2.05) is 0 Å². The van der Waals surface area contributed by atoms with Crippen LogP contribution in [0.25, 0.3) is 55.1 Å². The quantitative estimate of drug-likeness (QED) is 0.157. The molecule has 0 bridgehead atoms. The number of fused-ring (bicyclic) bond motifs is 15. The van der Waals surface area contributed by atoms with Crippen LogP contribution in [0, 0.1) is 0 Å². The molecule has 0 amide bonds. The highest BCUT2D eigenvalue weighted by atomic mass is 28.3. The fraction of sp³-hybridized carbons (Fsp3) is 0.116. The minimum Gasteiger partial charge on any atom is -0.455 e. The van der Waals surface area contributed by atoms with Crippen molar-refractivity contribution in [2.45, 2.75) is 32.4 Å². The summed E-state index contributed by atoms with van der Waals surface area (Å²) in [6, 6.07) is 43.5. The van der Waals surface area contributed by atoms with Gasteiger partial charge < -0.3 is 13.8 Å². The molecular formula is C43H31BN2OSi. The van der Waals surface area contributed by atoms with Crippen molar-refractivity contribution in [2.75, 3.05) is 4.90 Å². The highest BCUT2D eigenvalue weighted by Gasteiger charge is 2.52. The molecule has 0 N–H and O–H groups in total. The van der Waals surface area contributed by atoms with Crippen LogP contribution < -0.4 is 26.2 Å². The van der Waals surface area contributed by atoms with Gasteiger partial charge in [-0.3, -0.25) is 0 Å². The van der Waals surface area contributed by atoms with Crippen molar-refractivity contribution in [3.8, 4) is 22.3 Å². The lowest BCUT2D eigenvalue weighted by molar-refractivity contribution is 0.632. The van der Waals surface area contributed by atoms with E-state index >= 15 is 0 Å². The Bertz CT molecular complexity index is 2820. The fourth-order valence-corrected chi connectivity index (χ4v) is 13.3. The molecule has 5 heterocycles. The van der Waals surface area contributed by atoms with E-state index in [2.05, 4.69) is 152 Å². The first kappa shape index (κ1) is 25.8. The van der Waals surface area contributed by atoms with Gasteiger partial charge in [-0.1, -0.05) is 124 Å². The van der Waals surface area contributed by atoms with Crippen molar-refractivity contribution in [3.05, 3.63) is 127 Å². The van der Waals surface area contributed by atoms with Crippen molar-refractivity contribution >= 4 is 86.1 Å². The summed E-state index contributed by atoms with van der Waals surface area (Å²) < 4.78 is 9.69. The van der Waals surface area contributed by atoms with Gasteiger partial charge in [-0.2, -0.15) is 0 Å². The van der Waals surface area contributed by atoms with Crippen molar-refractivity contribution in [1.82, 2.24) is 4.48 Å². The molecule has 8 aromatic rings. The zero-order chi connectivity index (χ0) is 31.8. The first-order chi connectivity index (χ1) is 23.4. The van der Waals surface area contributed by atoms with Crippen molar-refractivity contribution < 1.29 is 4.42 Å². The second-order valence-electron chi connectivity index (χ2n) is 15.2. The molecule has 3 aliphatic heterocycles. The number of nitrogens with zero attached hydrogens (tertiary/aromatic N) is 2. The molecule has 0 saturated carbocycles. The summed E-state index contributed by atoms with van der Waals surface area (Å²) in [5.41, 5.74) is 18.0. The summed E-state index contributed by atoms with van der Waals surface area (Å²) in [6.07, 6.45) is 0. The van der Waals surface area contributed by atoms with Crippen LogP contribution in [0.5, 0.6) is 0 Å². The number of para-hydroxylation sites is 4. The Morgan fingerprint density at radius 2 is 1.40 bits per heavy atom. The molecule has 12 rings (SSSR count). The highest BCUT2D eigenvalue weighted by molar-refractivity contribution is 7.04. The zero-order valence-electron chi connectivity index (χ0n) is 27.3. The predicted molar refractivity (Wildman–Crippen MR) is 204 cm³/mol. The van der Waals surface area contributed by atoms with E-state index in [1.54, 1.807) is 0 Å². The van der Waals surface area contributed by atoms with Crippen LogP contribution in [0.1, 0.15) is 25.1 Å². The summed E-state index contributed by atoms with van der Waals surface area (Å²) in [5.74, 6) is 0. The van der Waals surface area contributed by atoms with Gasteiger partial charge in [-0.25, -0.2) is 0 Å². The Hall–Kier alpha value is -5.26. The molecule has 226 valence electrons. The van der Waals surface area contributed by atoms with E-state index in [0.717, 1.165) is 11.2 Å². The summed E-state index contributed by atoms with van der Waals surface area (Å²) >= 11 is 0. The van der Waals surface area contributed by atoms with E-state index < -0.39 is 8.07 Å². The molecule has 2 aromatic heterocycles. The molecular weight excluding hydrogens is 599 g/mol. The summed E-state index contributed by atoms with van der Waals surface area (Å²) in [4.78, 5) is 2.63. The molecule has 4 aliphatic rings. The van der Waals surface area contributed by atoms with Crippen molar-refractivity contribution in [2.24, 2.45) is 0 Å². The Kier molecular flexibility index (Phi) is 4.33. The SMILES string of the molecule is CC1(C)c2ccccc2-c2c1n1c3c(cccc23)-c2c3c(cc4c2oc2ccccc24)N2c4ccccc4[Si](C)(C)c4cccc(c42)B31. The number of hydrogen-bond acceptors (Lipinski definition) is 2. The van der Waals surface area contributed by atoms with Crippen LogP contribution in [0.15, 0.2) is 120 Å². The Labute approximate surface area is 280 Å². The predicted octanol–water partition coefficient (Wildman–Crippen LogP) is 8.40. The lowest BCUT2D eigenvalue weighted by atomic mass is 9.44. The second-order valence-corrected chi connectivity index (χ2v) is 19.6. The van der Waals surface area contributed by atoms with Crippen LogP contribution in [-0.4, -0.2) is 19.4 Å². The number of aromatic nitrogens is 1. The number of hydrogen-bond donors (Lipinski definition) is 0. The number of anilines is 3. The molecule has 48 heavy (non-hydrogen) atoms. The second kappa shape index (κ2) is 8.06. The van der Waals surface area contributed by atoms with Crippen LogP contribution in [0.2, 0.25) is 13.1 Å². The number of rotatable bonds is 0. The smallest absolute Gasteiger partial charge is 0.333 e. The van der Waals surface area contributed by atoms with E-state index in [0.29, 0.717) is 0 Å². The third-order valence-corrected chi connectivity index (χ3v) is 15.8. The van der Waals surface area contributed by atoms with Crippen LogP contribution in [0.3, 0.4) is 0 Å².